The second kappa shape index (κ2) is 5.87. The van der Waals surface area contributed by atoms with Crippen molar-refractivity contribution in [3.63, 3.8) is 0 Å². The summed E-state index contributed by atoms with van der Waals surface area (Å²) in [5.41, 5.74) is 3.58. The number of H-pyrrole nitrogens is 1. The summed E-state index contributed by atoms with van der Waals surface area (Å²) in [7, 11) is 1.58. The highest BCUT2D eigenvalue weighted by atomic mass is 19.1. The number of rotatable bonds is 4. The number of imidazole rings is 2. The Kier molecular flexibility index (Phi) is 3.46. The topological polar surface area (TPSA) is 70.9 Å². The molecule has 1 aliphatic rings. The molecule has 1 fully saturated rings. The maximum Gasteiger partial charge on any atom is 0.158 e. The van der Waals surface area contributed by atoms with Crippen LogP contribution in [0.4, 0.5) is 14.5 Å². The molecule has 0 saturated heterocycles. The minimum absolute atomic E-state index is 0.169. The average Bonchev–Trinajstić information content (AvgIpc) is 3.25. The summed E-state index contributed by atoms with van der Waals surface area (Å²) in [4.78, 5) is 16.4. The Labute approximate surface area is 153 Å². The van der Waals surface area contributed by atoms with Crippen molar-refractivity contribution in [2.45, 2.75) is 18.8 Å². The molecule has 0 atom stereocenters. The van der Waals surface area contributed by atoms with Gasteiger partial charge in [0.25, 0.3) is 0 Å². The number of hydrogen-bond acceptors (Lipinski definition) is 4. The van der Waals surface area contributed by atoms with Gasteiger partial charge in [0, 0.05) is 24.9 Å². The largest absolute Gasteiger partial charge is 0.386 e. The fourth-order valence-corrected chi connectivity index (χ4v) is 3.37. The summed E-state index contributed by atoms with van der Waals surface area (Å²) in [6.07, 6.45) is 8.72. The first-order valence-corrected chi connectivity index (χ1v) is 8.70. The van der Waals surface area contributed by atoms with Gasteiger partial charge >= 0.3 is 0 Å². The molecule has 2 N–H and O–H groups in total. The zero-order chi connectivity index (χ0) is 18.5. The monoisotopic (exact) mass is 366 g/mol. The molecule has 0 aliphatic heterocycles. The molecule has 0 unspecified atom stereocenters. The molecule has 6 nitrogen and oxygen atoms in total. The smallest absolute Gasteiger partial charge is 0.158 e. The summed E-state index contributed by atoms with van der Waals surface area (Å²) in [5, 5.41) is 2.71. The minimum Gasteiger partial charge on any atom is -0.386 e. The van der Waals surface area contributed by atoms with Crippen molar-refractivity contribution in [2.24, 2.45) is 0 Å². The van der Waals surface area contributed by atoms with Crippen LogP contribution in [0, 0.1) is 11.6 Å². The van der Waals surface area contributed by atoms with Crippen molar-refractivity contribution in [3.05, 3.63) is 54.5 Å². The van der Waals surface area contributed by atoms with E-state index in [-0.39, 0.29) is 16.9 Å². The van der Waals surface area contributed by atoms with E-state index >= 15 is 0 Å². The molecule has 136 valence electrons. The van der Waals surface area contributed by atoms with E-state index in [4.69, 9.17) is 0 Å². The zero-order valence-corrected chi connectivity index (χ0v) is 14.5. The molecular weight excluding hydrogens is 350 g/mol. The van der Waals surface area contributed by atoms with Crippen molar-refractivity contribution < 1.29 is 8.78 Å². The van der Waals surface area contributed by atoms with Gasteiger partial charge in [0.1, 0.15) is 23.5 Å². The molecule has 1 aliphatic carbocycles. The Bertz CT molecular complexity index is 1160. The SMILES string of the molecule is CNc1ccc(F)c(-c2cn3cnc(-c4nc[nH]c4C4CC4)c3cn2)c1F. The predicted molar refractivity (Wildman–Crippen MR) is 97.4 cm³/mol. The number of nitrogens with zero attached hydrogens (tertiary/aromatic N) is 4. The third-order valence-corrected chi connectivity index (χ3v) is 4.91. The molecule has 5 rings (SSSR count). The lowest BCUT2D eigenvalue weighted by molar-refractivity contribution is 0.591. The van der Waals surface area contributed by atoms with Gasteiger partial charge in [0.15, 0.2) is 5.82 Å². The molecule has 3 heterocycles. The van der Waals surface area contributed by atoms with Crippen LogP contribution in [0.15, 0.2) is 37.2 Å². The molecule has 0 radical (unpaired) electrons. The van der Waals surface area contributed by atoms with E-state index in [2.05, 4.69) is 25.3 Å². The summed E-state index contributed by atoms with van der Waals surface area (Å²) < 4.78 is 30.6. The van der Waals surface area contributed by atoms with Crippen LogP contribution in [0.5, 0.6) is 0 Å². The number of hydrogen-bond donors (Lipinski definition) is 2. The Balaban J connectivity index is 1.64. The molecule has 0 amide bonds. The highest BCUT2D eigenvalue weighted by Crippen LogP contribution is 2.43. The number of halogens is 2. The van der Waals surface area contributed by atoms with Crippen molar-refractivity contribution in [1.82, 2.24) is 24.3 Å². The number of nitrogens with one attached hydrogen (secondary N) is 2. The highest BCUT2D eigenvalue weighted by Gasteiger charge is 2.29. The molecule has 0 spiro atoms. The number of benzene rings is 1. The molecule has 3 aromatic heterocycles. The second-order valence-corrected chi connectivity index (χ2v) is 6.63. The predicted octanol–water partition coefficient (Wildman–Crippen LogP) is 3.98. The number of aromatic amines is 1. The molecule has 1 saturated carbocycles. The van der Waals surface area contributed by atoms with E-state index in [9.17, 15) is 8.78 Å². The summed E-state index contributed by atoms with van der Waals surface area (Å²) in [5.74, 6) is -0.839. The van der Waals surface area contributed by atoms with Gasteiger partial charge in [-0.25, -0.2) is 18.7 Å². The molecule has 1 aromatic carbocycles. The van der Waals surface area contributed by atoms with Crippen molar-refractivity contribution in [2.75, 3.05) is 12.4 Å². The van der Waals surface area contributed by atoms with Gasteiger partial charge in [0.05, 0.1) is 35.0 Å². The van der Waals surface area contributed by atoms with E-state index in [1.165, 1.54) is 12.1 Å². The van der Waals surface area contributed by atoms with E-state index in [0.717, 1.165) is 29.7 Å². The first kappa shape index (κ1) is 15.9. The second-order valence-electron chi connectivity index (χ2n) is 6.63. The van der Waals surface area contributed by atoms with Gasteiger partial charge in [-0.15, -0.1) is 0 Å². The lowest BCUT2D eigenvalue weighted by Crippen LogP contribution is -2.00. The lowest BCUT2D eigenvalue weighted by Gasteiger charge is -2.09. The van der Waals surface area contributed by atoms with Crippen LogP contribution in [0.2, 0.25) is 0 Å². The Hall–Kier alpha value is -3.29. The summed E-state index contributed by atoms with van der Waals surface area (Å²) >= 11 is 0. The van der Waals surface area contributed by atoms with Gasteiger partial charge in [-0.1, -0.05) is 0 Å². The van der Waals surface area contributed by atoms with Crippen molar-refractivity contribution in [3.8, 4) is 22.6 Å². The van der Waals surface area contributed by atoms with Gasteiger partial charge in [0.2, 0.25) is 0 Å². The number of anilines is 1. The van der Waals surface area contributed by atoms with Crippen LogP contribution in [0.3, 0.4) is 0 Å². The van der Waals surface area contributed by atoms with E-state index in [0.29, 0.717) is 11.6 Å². The summed E-state index contributed by atoms with van der Waals surface area (Å²) in [6.45, 7) is 0. The van der Waals surface area contributed by atoms with E-state index in [1.54, 1.807) is 36.5 Å². The van der Waals surface area contributed by atoms with E-state index in [1.807, 2.05) is 0 Å². The fourth-order valence-electron chi connectivity index (χ4n) is 3.37. The number of fused-ring (bicyclic) bond motifs is 1. The Morgan fingerprint density at radius 2 is 2.00 bits per heavy atom. The number of aromatic nitrogens is 5. The van der Waals surface area contributed by atoms with Gasteiger partial charge < -0.3 is 14.7 Å². The fraction of sp³-hybridized carbons (Fsp3) is 0.211. The molecule has 0 bridgehead atoms. The lowest BCUT2D eigenvalue weighted by atomic mass is 10.1. The maximum atomic E-state index is 14.6. The standard InChI is InChI=1S/C19H16F2N6/c1-22-12-5-4-11(20)15(16(12)21)13-7-27-9-26-18(14(27)6-23-13)19-17(10-2-3-10)24-8-25-19/h4-10,22H,2-3H2,1H3,(H,24,25). The Morgan fingerprint density at radius 3 is 2.78 bits per heavy atom. The average molecular weight is 366 g/mol. The first-order valence-electron chi connectivity index (χ1n) is 8.70. The van der Waals surface area contributed by atoms with Gasteiger partial charge in [-0.3, -0.25) is 4.98 Å². The van der Waals surface area contributed by atoms with E-state index < -0.39 is 11.6 Å². The van der Waals surface area contributed by atoms with Crippen LogP contribution in [-0.4, -0.2) is 31.4 Å². The quantitative estimate of drug-likeness (QED) is 0.573. The van der Waals surface area contributed by atoms with Crippen LogP contribution < -0.4 is 5.32 Å². The van der Waals surface area contributed by atoms with Crippen molar-refractivity contribution >= 4 is 11.2 Å². The molecule has 27 heavy (non-hydrogen) atoms. The first-order chi connectivity index (χ1) is 13.2. The highest BCUT2D eigenvalue weighted by molar-refractivity contribution is 5.77. The minimum atomic E-state index is -0.673. The summed E-state index contributed by atoms with van der Waals surface area (Å²) in [6, 6.07) is 2.58. The van der Waals surface area contributed by atoms with Crippen molar-refractivity contribution in [1.29, 1.82) is 0 Å². The molecule has 4 aromatic rings. The Morgan fingerprint density at radius 1 is 1.15 bits per heavy atom. The maximum absolute atomic E-state index is 14.6. The normalized spacial score (nSPS) is 14.0. The van der Waals surface area contributed by atoms with Crippen LogP contribution in [-0.2, 0) is 0 Å². The van der Waals surface area contributed by atoms with Crippen LogP contribution in [0.25, 0.3) is 28.2 Å². The molecular formula is C19H16F2N6. The van der Waals surface area contributed by atoms with Gasteiger partial charge in [-0.2, -0.15) is 0 Å². The molecule has 8 heteroatoms. The third-order valence-electron chi connectivity index (χ3n) is 4.91. The third kappa shape index (κ3) is 2.48. The zero-order valence-electron chi connectivity index (χ0n) is 14.5. The van der Waals surface area contributed by atoms with Crippen LogP contribution in [0.1, 0.15) is 24.5 Å². The van der Waals surface area contributed by atoms with Gasteiger partial charge in [-0.05, 0) is 25.0 Å². The van der Waals surface area contributed by atoms with Crippen LogP contribution >= 0.6 is 0 Å².